The van der Waals surface area contributed by atoms with Crippen LogP contribution in [0.4, 0.5) is 0 Å². The Bertz CT molecular complexity index is 2900. The van der Waals surface area contributed by atoms with E-state index in [2.05, 4.69) is 108 Å². The molecule has 3 heterocycles. The van der Waals surface area contributed by atoms with Crippen LogP contribution in [0.2, 0.25) is 0 Å². The minimum atomic E-state index is 0.512. The predicted octanol–water partition coefficient (Wildman–Crippen LogP) is 11.4. The van der Waals surface area contributed by atoms with Crippen LogP contribution in [0.5, 0.6) is 0 Å². The maximum atomic E-state index is 6.44. The molecule has 10 aromatic rings. The Morgan fingerprint density at radius 3 is 1.77 bits per heavy atom. The average Bonchev–Trinajstić information content (AvgIpc) is 3.81. The summed E-state index contributed by atoms with van der Waals surface area (Å²) >= 11 is 0. The van der Waals surface area contributed by atoms with Crippen molar-refractivity contribution in [2.75, 3.05) is 0 Å². The third-order valence-electron chi connectivity index (χ3n) is 9.49. The Kier molecular flexibility index (Phi) is 7.03. The number of rotatable bonds is 6. The zero-order valence-electron chi connectivity index (χ0n) is 27.9. The van der Waals surface area contributed by atoms with Gasteiger partial charge in [0.25, 0.3) is 0 Å². The predicted molar refractivity (Wildman–Crippen MR) is 209 cm³/mol. The molecule has 6 nitrogen and oxygen atoms in total. The largest absolute Gasteiger partial charge is 0.435 e. The second-order valence-corrected chi connectivity index (χ2v) is 12.7. The van der Waals surface area contributed by atoms with Crippen LogP contribution >= 0.6 is 0 Å². The molecule has 10 rings (SSSR count). The molecule has 0 saturated carbocycles. The number of aromatic nitrogens is 5. The van der Waals surface area contributed by atoms with Crippen LogP contribution < -0.4 is 0 Å². The Hall–Kier alpha value is -7.18. The van der Waals surface area contributed by atoms with E-state index in [-0.39, 0.29) is 0 Å². The SMILES string of the molecule is c1ccc(-c2cccc(-c3nc(-c4ccc5c(c4)c4ccccc4n5-c4ccccc4)nc(-c4cccc5nc(-c6ccccc6)oc45)n3)c2)cc1. The lowest BCUT2D eigenvalue weighted by Gasteiger charge is -2.10. The van der Waals surface area contributed by atoms with E-state index in [9.17, 15) is 0 Å². The van der Waals surface area contributed by atoms with Crippen LogP contribution in [0.25, 0.3) is 95.3 Å². The number of nitrogens with zero attached hydrogens (tertiary/aromatic N) is 5. The first-order chi connectivity index (χ1) is 25.8. The minimum absolute atomic E-state index is 0.512. The molecule has 0 saturated heterocycles. The Balaban J connectivity index is 1.19. The molecule has 0 atom stereocenters. The van der Waals surface area contributed by atoms with Crippen molar-refractivity contribution in [3.05, 3.63) is 176 Å². The topological polar surface area (TPSA) is 69.6 Å². The van der Waals surface area contributed by atoms with E-state index < -0.39 is 0 Å². The highest BCUT2D eigenvalue weighted by molar-refractivity contribution is 6.10. The molecule has 0 aliphatic carbocycles. The fourth-order valence-corrected chi connectivity index (χ4v) is 7.02. The number of hydrogen-bond donors (Lipinski definition) is 0. The zero-order valence-corrected chi connectivity index (χ0v) is 27.9. The van der Waals surface area contributed by atoms with Gasteiger partial charge in [-0.1, -0.05) is 109 Å². The first-order valence-electron chi connectivity index (χ1n) is 17.2. The molecule has 0 bridgehead atoms. The van der Waals surface area contributed by atoms with Gasteiger partial charge in [-0.15, -0.1) is 0 Å². The molecular formula is C46H29N5O. The summed E-state index contributed by atoms with van der Waals surface area (Å²) < 4.78 is 8.75. The summed E-state index contributed by atoms with van der Waals surface area (Å²) in [7, 11) is 0. The van der Waals surface area contributed by atoms with Crippen molar-refractivity contribution < 1.29 is 4.42 Å². The van der Waals surface area contributed by atoms with Gasteiger partial charge in [0.1, 0.15) is 5.52 Å². The van der Waals surface area contributed by atoms with Gasteiger partial charge < -0.3 is 8.98 Å². The first kappa shape index (κ1) is 29.7. The van der Waals surface area contributed by atoms with Gasteiger partial charge in [-0.05, 0) is 77.9 Å². The highest BCUT2D eigenvalue weighted by Gasteiger charge is 2.20. The summed E-state index contributed by atoms with van der Waals surface area (Å²) in [5.74, 6) is 2.21. The first-order valence-corrected chi connectivity index (χ1v) is 17.2. The number of hydrogen-bond acceptors (Lipinski definition) is 5. The Labute approximate surface area is 299 Å². The normalized spacial score (nSPS) is 11.5. The maximum absolute atomic E-state index is 6.44. The summed E-state index contributed by atoms with van der Waals surface area (Å²) in [6.45, 7) is 0. The molecular weight excluding hydrogens is 639 g/mol. The summed E-state index contributed by atoms with van der Waals surface area (Å²) in [5, 5.41) is 2.28. The third kappa shape index (κ3) is 5.13. The number of fused-ring (bicyclic) bond motifs is 4. The van der Waals surface area contributed by atoms with E-state index in [1.807, 2.05) is 72.8 Å². The lowest BCUT2D eigenvalue weighted by molar-refractivity contribution is 0.620. The molecule has 7 aromatic carbocycles. The van der Waals surface area contributed by atoms with Crippen molar-refractivity contribution in [2.24, 2.45) is 0 Å². The van der Waals surface area contributed by atoms with E-state index in [1.54, 1.807) is 0 Å². The molecule has 244 valence electrons. The lowest BCUT2D eigenvalue weighted by atomic mass is 10.0. The monoisotopic (exact) mass is 667 g/mol. The number of para-hydroxylation sites is 3. The summed E-state index contributed by atoms with van der Waals surface area (Å²) in [4.78, 5) is 20.2. The summed E-state index contributed by atoms with van der Waals surface area (Å²) in [6, 6.07) is 60.0. The molecule has 0 radical (unpaired) electrons. The molecule has 0 N–H and O–H groups in total. The second kappa shape index (κ2) is 12.3. The highest BCUT2D eigenvalue weighted by Crippen LogP contribution is 2.37. The molecule has 0 aliphatic heterocycles. The molecule has 0 unspecified atom stereocenters. The van der Waals surface area contributed by atoms with E-state index >= 15 is 0 Å². The highest BCUT2D eigenvalue weighted by atomic mass is 16.3. The summed E-state index contributed by atoms with van der Waals surface area (Å²) in [6.07, 6.45) is 0. The second-order valence-electron chi connectivity index (χ2n) is 12.7. The number of oxazole rings is 1. The van der Waals surface area contributed by atoms with Crippen molar-refractivity contribution >= 4 is 32.9 Å². The fourth-order valence-electron chi connectivity index (χ4n) is 7.02. The molecule has 0 spiro atoms. The minimum Gasteiger partial charge on any atom is -0.435 e. The van der Waals surface area contributed by atoms with Crippen molar-refractivity contribution in [1.82, 2.24) is 24.5 Å². The van der Waals surface area contributed by atoms with E-state index in [1.165, 1.54) is 0 Å². The van der Waals surface area contributed by atoms with Gasteiger partial charge in [-0.2, -0.15) is 0 Å². The molecule has 3 aromatic heterocycles. The fraction of sp³-hybridized carbons (Fsp3) is 0. The van der Waals surface area contributed by atoms with Gasteiger partial charge >= 0.3 is 0 Å². The molecule has 6 heteroatoms. The molecule has 52 heavy (non-hydrogen) atoms. The van der Waals surface area contributed by atoms with Crippen molar-refractivity contribution in [2.45, 2.75) is 0 Å². The van der Waals surface area contributed by atoms with Gasteiger partial charge in [0.2, 0.25) is 5.89 Å². The smallest absolute Gasteiger partial charge is 0.227 e. The van der Waals surface area contributed by atoms with Gasteiger partial charge in [0.05, 0.1) is 16.6 Å². The lowest BCUT2D eigenvalue weighted by Crippen LogP contribution is -2.00. The van der Waals surface area contributed by atoms with Crippen LogP contribution in [0.15, 0.2) is 180 Å². The van der Waals surface area contributed by atoms with E-state index in [0.717, 1.165) is 66.4 Å². The third-order valence-corrected chi connectivity index (χ3v) is 9.49. The van der Waals surface area contributed by atoms with Gasteiger partial charge in [0, 0.05) is 33.2 Å². The van der Waals surface area contributed by atoms with Crippen molar-refractivity contribution in [1.29, 1.82) is 0 Å². The van der Waals surface area contributed by atoms with Crippen molar-refractivity contribution in [3.63, 3.8) is 0 Å². The van der Waals surface area contributed by atoms with Crippen LogP contribution in [-0.4, -0.2) is 24.5 Å². The Morgan fingerprint density at radius 1 is 0.385 bits per heavy atom. The number of benzene rings is 7. The quantitative estimate of drug-likeness (QED) is 0.176. The van der Waals surface area contributed by atoms with Crippen LogP contribution in [0.3, 0.4) is 0 Å². The molecule has 0 fully saturated rings. The van der Waals surface area contributed by atoms with Gasteiger partial charge in [-0.3, -0.25) is 0 Å². The zero-order chi connectivity index (χ0) is 34.4. The van der Waals surface area contributed by atoms with Crippen LogP contribution in [0.1, 0.15) is 0 Å². The Morgan fingerprint density at radius 2 is 0.981 bits per heavy atom. The standard InChI is InChI=1S/C46H29N5O/c1-4-14-30(15-5-1)32-18-12-19-33(28-32)43-48-44(50-45(49-43)37-23-13-24-39-42(37)52-46(47-39)31-16-6-2-7-17-31)34-26-27-41-38(29-34)36-22-10-11-25-40(36)51(41)35-20-8-3-9-21-35/h1-29H. The molecule has 0 amide bonds. The van der Waals surface area contributed by atoms with E-state index in [0.29, 0.717) is 28.9 Å². The summed E-state index contributed by atoms with van der Waals surface area (Å²) in [5.41, 5.74) is 10.4. The maximum Gasteiger partial charge on any atom is 0.227 e. The van der Waals surface area contributed by atoms with E-state index in [4.69, 9.17) is 24.4 Å². The van der Waals surface area contributed by atoms with Gasteiger partial charge in [0.15, 0.2) is 23.1 Å². The average molecular weight is 668 g/mol. The molecule has 0 aliphatic rings. The van der Waals surface area contributed by atoms with Gasteiger partial charge in [-0.25, -0.2) is 19.9 Å². The van der Waals surface area contributed by atoms with Crippen molar-refractivity contribution in [3.8, 4) is 62.4 Å². The van der Waals surface area contributed by atoms with Crippen LogP contribution in [-0.2, 0) is 0 Å². The van der Waals surface area contributed by atoms with Crippen LogP contribution in [0, 0.1) is 0 Å².